The van der Waals surface area contributed by atoms with Gasteiger partial charge in [0.05, 0.1) is 0 Å². The first kappa shape index (κ1) is 25.9. The maximum Gasteiger partial charge on any atom is 0.303 e. The smallest absolute Gasteiger partial charge is 0.303 e. The zero-order chi connectivity index (χ0) is 20.7. The van der Waals surface area contributed by atoms with Crippen molar-refractivity contribution in [3.63, 3.8) is 0 Å². The number of rotatable bonds is 18. The fraction of sp³-hybridized carbons (Fsp3) is 0.583. The van der Waals surface area contributed by atoms with Gasteiger partial charge in [-0.05, 0) is 51.4 Å². The second kappa shape index (κ2) is 21.2. The molecule has 0 radical (unpaired) electrons. The number of hydrogen-bond acceptors (Lipinski definition) is 2. The van der Waals surface area contributed by atoms with Crippen molar-refractivity contribution in [3.05, 3.63) is 48.6 Å². The van der Waals surface area contributed by atoms with E-state index in [0.29, 0.717) is 19.4 Å². The Balaban J connectivity index is 3.47. The monoisotopic (exact) mass is 389 g/mol. The van der Waals surface area contributed by atoms with Crippen LogP contribution in [-0.4, -0.2) is 23.5 Å². The Hall–Kier alpha value is -2.10. The zero-order valence-corrected chi connectivity index (χ0v) is 17.6. The molecule has 4 heteroatoms. The van der Waals surface area contributed by atoms with Gasteiger partial charge in [-0.2, -0.15) is 0 Å². The molecule has 0 unspecified atom stereocenters. The minimum Gasteiger partial charge on any atom is -0.481 e. The van der Waals surface area contributed by atoms with Gasteiger partial charge in [-0.15, -0.1) is 0 Å². The highest BCUT2D eigenvalue weighted by molar-refractivity contribution is 5.75. The van der Waals surface area contributed by atoms with Crippen LogP contribution in [-0.2, 0) is 9.59 Å². The first-order chi connectivity index (χ1) is 13.7. The van der Waals surface area contributed by atoms with Crippen molar-refractivity contribution in [2.24, 2.45) is 0 Å². The summed E-state index contributed by atoms with van der Waals surface area (Å²) in [5.74, 6) is -0.823. The molecule has 0 aromatic carbocycles. The molecule has 0 bridgehead atoms. The standard InChI is InChI=1S/C24H39NO3/c1-2-3-4-5-6-7-8-9-10-11-12-13-14-15-16-17-18-20-23(26)25-22-19-21-24(27)28/h6-7,9-10,12-13,15-16H,2-5,8,11,14,17-22H2,1H3,(H,25,26)(H,27,28)/b7-6-,10-9-,13-12+,16-15-. The second-order valence-corrected chi connectivity index (χ2v) is 6.83. The zero-order valence-electron chi connectivity index (χ0n) is 17.6. The van der Waals surface area contributed by atoms with Gasteiger partial charge in [0, 0.05) is 19.4 Å². The number of aliphatic carboxylic acids is 1. The lowest BCUT2D eigenvalue weighted by Crippen LogP contribution is -2.24. The largest absolute Gasteiger partial charge is 0.481 e. The fourth-order valence-corrected chi connectivity index (χ4v) is 2.50. The molecular weight excluding hydrogens is 350 g/mol. The van der Waals surface area contributed by atoms with Crippen molar-refractivity contribution in [3.8, 4) is 0 Å². The summed E-state index contributed by atoms with van der Waals surface area (Å²) in [6.45, 7) is 2.67. The van der Waals surface area contributed by atoms with E-state index < -0.39 is 5.97 Å². The molecular formula is C24H39NO3. The van der Waals surface area contributed by atoms with Crippen LogP contribution in [0, 0.1) is 0 Å². The molecule has 158 valence electrons. The third-order valence-corrected chi connectivity index (χ3v) is 4.12. The fourth-order valence-electron chi connectivity index (χ4n) is 2.50. The van der Waals surface area contributed by atoms with Gasteiger partial charge >= 0.3 is 5.97 Å². The Morgan fingerprint density at radius 1 is 0.714 bits per heavy atom. The summed E-state index contributed by atoms with van der Waals surface area (Å²) >= 11 is 0. The highest BCUT2D eigenvalue weighted by Crippen LogP contribution is 2.01. The summed E-state index contributed by atoms with van der Waals surface area (Å²) in [5, 5.41) is 11.3. The van der Waals surface area contributed by atoms with Crippen LogP contribution in [0.5, 0.6) is 0 Å². The Morgan fingerprint density at radius 3 is 1.79 bits per heavy atom. The summed E-state index contributed by atoms with van der Waals surface area (Å²) in [6, 6.07) is 0. The normalized spacial score (nSPS) is 12.0. The lowest BCUT2D eigenvalue weighted by molar-refractivity contribution is -0.137. The lowest BCUT2D eigenvalue weighted by Gasteiger charge is -2.02. The van der Waals surface area contributed by atoms with E-state index in [-0.39, 0.29) is 12.3 Å². The molecule has 0 saturated heterocycles. The molecule has 28 heavy (non-hydrogen) atoms. The van der Waals surface area contributed by atoms with E-state index in [1.54, 1.807) is 0 Å². The number of hydrogen-bond donors (Lipinski definition) is 2. The molecule has 4 nitrogen and oxygen atoms in total. The van der Waals surface area contributed by atoms with Crippen molar-refractivity contribution in [1.82, 2.24) is 5.32 Å². The number of carbonyl (C=O) groups excluding carboxylic acids is 1. The summed E-state index contributed by atoms with van der Waals surface area (Å²) in [5.41, 5.74) is 0. The third-order valence-electron chi connectivity index (χ3n) is 4.12. The molecule has 0 rings (SSSR count). The Kier molecular flexibility index (Phi) is 19.6. The van der Waals surface area contributed by atoms with E-state index in [0.717, 1.165) is 32.1 Å². The predicted octanol–water partition coefficient (Wildman–Crippen LogP) is 6.11. The van der Waals surface area contributed by atoms with Crippen molar-refractivity contribution < 1.29 is 14.7 Å². The molecule has 0 aromatic rings. The Bertz CT molecular complexity index is 504. The van der Waals surface area contributed by atoms with E-state index in [1.807, 2.05) is 0 Å². The van der Waals surface area contributed by atoms with Crippen LogP contribution in [0.4, 0.5) is 0 Å². The van der Waals surface area contributed by atoms with Crippen LogP contribution in [0.25, 0.3) is 0 Å². The third kappa shape index (κ3) is 21.9. The molecule has 2 N–H and O–H groups in total. The van der Waals surface area contributed by atoms with Crippen molar-refractivity contribution >= 4 is 11.9 Å². The number of amides is 1. The number of carboxylic acid groups (broad SMARTS) is 1. The Labute approximate surface area is 171 Å². The molecule has 0 saturated carbocycles. The topological polar surface area (TPSA) is 66.4 Å². The first-order valence-corrected chi connectivity index (χ1v) is 10.7. The van der Waals surface area contributed by atoms with Crippen LogP contribution in [0.3, 0.4) is 0 Å². The number of allylic oxidation sites excluding steroid dienone is 8. The van der Waals surface area contributed by atoms with Gasteiger partial charge in [0.15, 0.2) is 0 Å². The first-order valence-electron chi connectivity index (χ1n) is 10.7. The number of carbonyl (C=O) groups is 2. The Morgan fingerprint density at radius 2 is 1.25 bits per heavy atom. The van der Waals surface area contributed by atoms with E-state index in [1.165, 1.54) is 25.7 Å². The van der Waals surface area contributed by atoms with E-state index in [9.17, 15) is 9.59 Å². The average molecular weight is 390 g/mol. The summed E-state index contributed by atoms with van der Waals surface area (Å²) in [7, 11) is 0. The number of unbranched alkanes of at least 4 members (excludes halogenated alkanes) is 4. The summed E-state index contributed by atoms with van der Waals surface area (Å²) in [6.07, 6.45) is 28.3. The summed E-state index contributed by atoms with van der Waals surface area (Å²) < 4.78 is 0. The van der Waals surface area contributed by atoms with Crippen molar-refractivity contribution in [2.45, 2.75) is 84.0 Å². The molecule has 1 amide bonds. The van der Waals surface area contributed by atoms with Gasteiger partial charge in [-0.1, -0.05) is 68.4 Å². The van der Waals surface area contributed by atoms with Gasteiger partial charge in [-0.3, -0.25) is 9.59 Å². The molecule has 0 spiro atoms. The molecule has 0 heterocycles. The number of nitrogens with one attached hydrogen (secondary N) is 1. The average Bonchev–Trinajstić information content (AvgIpc) is 2.67. The molecule has 0 aromatic heterocycles. The second-order valence-electron chi connectivity index (χ2n) is 6.83. The highest BCUT2D eigenvalue weighted by atomic mass is 16.4. The molecule has 0 fully saturated rings. The summed E-state index contributed by atoms with van der Waals surface area (Å²) in [4.78, 5) is 21.9. The van der Waals surface area contributed by atoms with Gasteiger partial charge in [0.25, 0.3) is 0 Å². The van der Waals surface area contributed by atoms with E-state index in [4.69, 9.17) is 5.11 Å². The van der Waals surface area contributed by atoms with Crippen LogP contribution in [0.1, 0.15) is 84.0 Å². The van der Waals surface area contributed by atoms with Crippen LogP contribution < -0.4 is 5.32 Å². The molecule has 0 aliphatic carbocycles. The van der Waals surface area contributed by atoms with Crippen molar-refractivity contribution in [1.29, 1.82) is 0 Å². The lowest BCUT2D eigenvalue weighted by atomic mass is 10.2. The van der Waals surface area contributed by atoms with Crippen LogP contribution in [0.2, 0.25) is 0 Å². The molecule has 0 aliphatic rings. The van der Waals surface area contributed by atoms with Crippen LogP contribution in [0.15, 0.2) is 48.6 Å². The molecule has 0 aliphatic heterocycles. The quantitative estimate of drug-likeness (QED) is 0.219. The SMILES string of the molecule is CCCCC/C=C\C/C=C\C/C=C/C/C=C\CCCC(=O)NCCCC(=O)O. The van der Waals surface area contributed by atoms with Gasteiger partial charge in [0.1, 0.15) is 0 Å². The number of carboxylic acids is 1. The highest BCUT2D eigenvalue weighted by Gasteiger charge is 2.00. The minimum atomic E-state index is -0.824. The van der Waals surface area contributed by atoms with Crippen LogP contribution >= 0.6 is 0 Å². The van der Waals surface area contributed by atoms with Gasteiger partial charge in [-0.25, -0.2) is 0 Å². The molecule has 0 atom stereocenters. The maximum atomic E-state index is 11.5. The predicted molar refractivity (Wildman–Crippen MR) is 118 cm³/mol. The van der Waals surface area contributed by atoms with Gasteiger partial charge in [0.2, 0.25) is 5.91 Å². The van der Waals surface area contributed by atoms with E-state index >= 15 is 0 Å². The minimum absolute atomic E-state index is 0.00118. The van der Waals surface area contributed by atoms with Gasteiger partial charge < -0.3 is 10.4 Å². The van der Waals surface area contributed by atoms with E-state index in [2.05, 4.69) is 60.8 Å². The maximum absolute atomic E-state index is 11.5. The van der Waals surface area contributed by atoms with Crippen molar-refractivity contribution in [2.75, 3.05) is 6.54 Å².